The van der Waals surface area contributed by atoms with E-state index in [1.807, 2.05) is 0 Å². The van der Waals surface area contributed by atoms with E-state index in [2.05, 4.69) is 58.2 Å². The van der Waals surface area contributed by atoms with E-state index in [4.69, 9.17) is 0 Å². The zero-order valence-corrected chi connectivity index (χ0v) is 9.10. The van der Waals surface area contributed by atoms with Crippen molar-refractivity contribution in [3.05, 3.63) is 12.3 Å². The molecule has 0 saturated carbocycles. The molecule has 2 heteroatoms. The Morgan fingerprint density at radius 2 is 1.50 bits per heavy atom. The van der Waals surface area contributed by atoms with Gasteiger partial charge in [-0.15, -0.1) is 0 Å². The maximum absolute atomic E-state index is 4.12. The molecule has 0 unspecified atom stereocenters. The van der Waals surface area contributed by atoms with E-state index in [1.54, 1.807) is 0 Å². The van der Waals surface area contributed by atoms with Crippen molar-refractivity contribution < 1.29 is 0 Å². The lowest BCUT2D eigenvalue weighted by Crippen LogP contribution is -2.48. The first-order valence-electron chi connectivity index (χ1n) is 4.39. The Morgan fingerprint density at radius 3 is 1.58 bits per heavy atom. The first-order valence-corrected chi connectivity index (χ1v) is 4.39. The quantitative estimate of drug-likeness (QED) is 0.545. The van der Waals surface area contributed by atoms with Crippen LogP contribution in [0.3, 0.4) is 0 Å². The molecule has 0 aromatic heterocycles. The first kappa shape index (κ1) is 9.59. The molecule has 1 fully saturated rings. The molecule has 1 aliphatic heterocycles. The minimum Gasteiger partial charge on any atom is -0.359 e. The van der Waals surface area contributed by atoms with Crippen LogP contribution in [0.1, 0.15) is 27.7 Å². The van der Waals surface area contributed by atoms with Gasteiger partial charge in [-0.3, -0.25) is 4.90 Å². The van der Waals surface area contributed by atoms with Gasteiger partial charge in [0.1, 0.15) is 0 Å². The predicted molar refractivity (Wildman–Crippen MR) is 52.8 cm³/mol. The van der Waals surface area contributed by atoms with Crippen LogP contribution in [0.15, 0.2) is 12.3 Å². The Bertz CT molecular complexity index is 216. The monoisotopic (exact) mass is 168 g/mol. The third kappa shape index (κ3) is 0.908. The van der Waals surface area contributed by atoms with Crippen molar-refractivity contribution in [1.82, 2.24) is 9.80 Å². The summed E-state index contributed by atoms with van der Waals surface area (Å²) in [4.78, 5) is 4.59. The second-order valence-corrected chi connectivity index (χ2v) is 4.62. The third-order valence-electron chi connectivity index (χ3n) is 3.59. The van der Waals surface area contributed by atoms with Gasteiger partial charge in [0.25, 0.3) is 0 Å². The largest absolute Gasteiger partial charge is 0.359 e. The number of nitrogens with zero attached hydrogens (tertiary/aromatic N) is 2. The summed E-state index contributed by atoms with van der Waals surface area (Å²) in [5.74, 6) is 0. The highest BCUT2D eigenvalue weighted by Crippen LogP contribution is 2.40. The lowest BCUT2D eigenvalue weighted by Gasteiger charge is -2.37. The summed E-state index contributed by atoms with van der Waals surface area (Å²) in [6.07, 6.45) is 0. The van der Waals surface area contributed by atoms with Gasteiger partial charge in [-0.2, -0.15) is 0 Å². The first-order chi connectivity index (χ1) is 5.22. The number of rotatable bonds is 0. The number of hydrogen-bond acceptors (Lipinski definition) is 2. The van der Waals surface area contributed by atoms with Crippen LogP contribution in [0.4, 0.5) is 0 Å². The molecular formula is C10H20N2. The van der Waals surface area contributed by atoms with Crippen LogP contribution >= 0.6 is 0 Å². The molecule has 2 nitrogen and oxygen atoms in total. The molecule has 0 N–H and O–H groups in total. The fourth-order valence-electron chi connectivity index (χ4n) is 1.84. The fourth-order valence-corrected chi connectivity index (χ4v) is 1.84. The van der Waals surface area contributed by atoms with E-state index in [0.717, 1.165) is 0 Å². The van der Waals surface area contributed by atoms with Crippen LogP contribution < -0.4 is 0 Å². The maximum atomic E-state index is 4.12. The van der Waals surface area contributed by atoms with Gasteiger partial charge >= 0.3 is 0 Å². The van der Waals surface area contributed by atoms with Gasteiger partial charge in [0.2, 0.25) is 0 Å². The lowest BCUT2D eigenvalue weighted by molar-refractivity contribution is 0.0575. The second-order valence-electron chi connectivity index (χ2n) is 4.62. The molecule has 1 heterocycles. The highest BCUT2D eigenvalue weighted by atomic mass is 15.5. The van der Waals surface area contributed by atoms with E-state index in [0.29, 0.717) is 0 Å². The Kier molecular flexibility index (Phi) is 1.80. The van der Waals surface area contributed by atoms with E-state index >= 15 is 0 Å². The molecule has 0 aliphatic carbocycles. The van der Waals surface area contributed by atoms with E-state index in [-0.39, 0.29) is 11.2 Å². The molecule has 0 radical (unpaired) electrons. The highest BCUT2D eigenvalue weighted by molar-refractivity contribution is 5.21. The average molecular weight is 168 g/mol. The molecule has 0 aromatic rings. The van der Waals surface area contributed by atoms with Crippen LogP contribution in [0.2, 0.25) is 0 Å². The molecular weight excluding hydrogens is 148 g/mol. The number of hydrogen-bond donors (Lipinski definition) is 0. The molecule has 0 bridgehead atoms. The second kappa shape index (κ2) is 2.25. The Hall–Kier alpha value is -0.500. The zero-order valence-electron chi connectivity index (χ0n) is 9.10. The molecule has 12 heavy (non-hydrogen) atoms. The summed E-state index contributed by atoms with van der Waals surface area (Å²) in [5.41, 5.74) is 1.36. The van der Waals surface area contributed by atoms with Crippen LogP contribution in [-0.2, 0) is 0 Å². The van der Waals surface area contributed by atoms with Crippen molar-refractivity contribution in [3.63, 3.8) is 0 Å². The van der Waals surface area contributed by atoms with Gasteiger partial charge in [0.05, 0.1) is 11.2 Å². The SMILES string of the molecule is C=C1N(C)C(C)(C)N(C)C1(C)C. The van der Waals surface area contributed by atoms with Gasteiger partial charge in [0, 0.05) is 12.7 Å². The fraction of sp³-hybridized carbons (Fsp3) is 0.800. The minimum absolute atomic E-state index is 0.0816. The summed E-state index contributed by atoms with van der Waals surface area (Å²) < 4.78 is 0. The standard InChI is InChI=1S/C10H20N2/c1-8-9(2,3)12(7)10(4,5)11(8)6/h1H2,2-7H3. The molecule has 0 spiro atoms. The van der Waals surface area contributed by atoms with Gasteiger partial charge < -0.3 is 4.90 Å². The van der Waals surface area contributed by atoms with Crippen molar-refractivity contribution in [2.75, 3.05) is 14.1 Å². The van der Waals surface area contributed by atoms with Gasteiger partial charge in [-0.05, 0) is 34.7 Å². The van der Waals surface area contributed by atoms with Crippen molar-refractivity contribution in [2.24, 2.45) is 0 Å². The van der Waals surface area contributed by atoms with E-state index in [1.165, 1.54) is 5.70 Å². The van der Waals surface area contributed by atoms with Gasteiger partial charge in [-0.25, -0.2) is 0 Å². The van der Waals surface area contributed by atoms with Crippen LogP contribution in [0, 0.1) is 0 Å². The normalized spacial score (nSPS) is 28.2. The van der Waals surface area contributed by atoms with Crippen LogP contribution in [0.5, 0.6) is 0 Å². The topological polar surface area (TPSA) is 6.48 Å². The molecule has 1 rings (SSSR count). The van der Waals surface area contributed by atoms with Crippen molar-refractivity contribution in [2.45, 2.75) is 38.9 Å². The average Bonchev–Trinajstić information content (AvgIpc) is 2.06. The summed E-state index contributed by atoms with van der Waals surface area (Å²) in [6.45, 7) is 13.0. The molecule has 0 amide bonds. The summed E-state index contributed by atoms with van der Waals surface area (Å²) in [6, 6.07) is 0. The predicted octanol–water partition coefficient (Wildman–Crippen LogP) is 1.89. The Morgan fingerprint density at radius 1 is 1.08 bits per heavy atom. The molecule has 0 atom stereocenters. The van der Waals surface area contributed by atoms with Crippen molar-refractivity contribution in [1.29, 1.82) is 0 Å². The third-order valence-corrected chi connectivity index (χ3v) is 3.59. The van der Waals surface area contributed by atoms with Crippen LogP contribution in [-0.4, -0.2) is 35.1 Å². The lowest BCUT2D eigenvalue weighted by atomic mass is 10.0. The van der Waals surface area contributed by atoms with Gasteiger partial charge in [-0.1, -0.05) is 6.58 Å². The molecule has 0 aromatic carbocycles. The molecule has 1 saturated heterocycles. The van der Waals surface area contributed by atoms with Crippen molar-refractivity contribution in [3.8, 4) is 0 Å². The number of likely N-dealkylation sites (N-methyl/N-ethyl adjacent to an activating group) is 2. The van der Waals surface area contributed by atoms with E-state index in [9.17, 15) is 0 Å². The van der Waals surface area contributed by atoms with Crippen LogP contribution in [0.25, 0.3) is 0 Å². The van der Waals surface area contributed by atoms with Crippen molar-refractivity contribution >= 4 is 0 Å². The summed E-state index contributed by atoms with van der Waals surface area (Å²) in [7, 11) is 4.25. The molecule has 70 valence electrons. The maximum Gasteiger partial charge on any atom is 0.0875 e. The summed E-state index contributed by atoms with van der Waals surface area (Å²) in [5, 5.41) is 0. The highest BCUT2D eigenvalue weighted by Gasteiger charge is 2.48. The Labute approximate surface area is 75.8 Å². The minimum atomic E-state index is 0.0816. The zero-order chi connectivity index (χ0) is 9.73. The molecule has 1 aliphatic rings. The van der Waals surface area contributed by atoms with E-state index < -0.39 is 0 Å². The Balaban J connectivity index is 3.12. The van der Waals surface area contributed by atoms with Gasteiger partial charge in [0.15, 0.2) is 0 Å². The summed E-state index contributed by atoms with van der Waals surface area (Å²) >= 11 is 0. The smallest absolute Gasteiger partial charge is 0.0875 e.